The van der Waals surface area contributed by atoms with Crippen LogP contribution in [0.25, 0.3) is 11.1 Å². The Hall–Kier alpha value is -3.19. The Morgan fingerprint density at radius 1 is 1.03 bits per heavy atom. The number of carbonyl (C=O) groups is 1. The Kier molecular flexibility index (Phi) is 5.31. The number of ether oxygens (including phenoxy) is 3. The molecule has 0 N–H and O–H groups in total. The molecule has 0 radical (unpaired) electrons. The second-order valence-electron chi connectivity index (χ2n) is 7.08. The van der Waals surface area contributed by atoms with Crippen molar-refractivity contribution >= 4 is 17.6 Å². The molecule has 0 aliphatic carbocycles. The van der Waals surface area contributed by atoms with E-state index < -0.39 is 41.2 Å². The maximum atomic E-state index is 14.6. The average molecular weight is 449 g/mol. The van der Waals surface area contributed by atoms with Crippen LogP contribution in [0.3, 0.4) is 0 Å². The van der Waals surface area contributed by atoms with Gasteiger partial charge in [0.1, 0.15) is 17.5 Å². The van der Waals surface area contributed by atoms with E-state index in [0.29, 0.717) is 5.56 Å². The Morgan fingerprint density at radius 3 is 2.39 bits per heavy atom. The van der Waals surface area contributed by atoms with E-state index in [2.05, 4.69) is 4.74 Å². The van der Waals surface area contributed by atoms with Crippen molar-refractivity contribution in [2.45, 2.75) is 19.1 Å². The molecule has 1 atom stereocenters. The van der Waals surface area contributed by atoms with E-state index >= 15 is 0 Å². The summed E-state index contributed by atoms with van der Waals surface area (Å²) in [5.41, 5.74) is 0.237. The highest BCUT2D eigenvalue weighted by molar-refractivity contribution is 6.30. The lowest BCUT2D eigenvalue weighted by Gasteiger charge is -2.24. The molecule has 0 amide bonds. The zero-order valence-electron chi connectivity index (χ0n) is 16.5. The van der Waals surface area contributed by atoms with Crippen molar-refractivity contribution in [3.05, 3.63) is 82.1 Å². The topological polar surface area (TPSA) is 44.8 Å². The van der Waals surface area contributed by atoms with Crippen molar-refractivity contribution in [3.8, 4) is 22.6 Å². The molecule has 3 aromatic carbocycles. The Balaban J connectivity index is 1.74. The zero-order chi connectivity index (χ0) is 22.3. The minimum atomic E-state index is -1.50. The monoisotopic (exact) mass is 448 g/mol. The number of hydrogen-bond acceptors (Lipinski definition) is 4. The lowest BCUT2D eigenvalue weighted by molar-refractivity contribution is -0.139. The van der Waals surface area contributed by atoms with Crippen LogP contribution in [0.1, 0.15) is 18.1 Å². The number of benzene rings is 3. The molecular formula is C23H16ClF3O4. The summed E-state index contributed by atoms with van der Waals surface area (Å²) in [5.74, 6) is -4.19. The van der Waals surface area contributed by atoms with Gasteiger partial charge in [0.2, 0.25) is 0 Å². The summed E-state index contributed by atoms with van der Waals surface area (Å²) in [5, 5.41) is 0.221. The number of para-hydroxylation sites is 1. The van der Waals surface area contributed by atoms with Gasteiger partial charge in [-0.2, -0.15) is 0 Å². The predicted octanol–water partition coefficient (Wildman–Crippen LogP) is 5.78. The number of hydrogen-bond donors (Lipinski definition) is 0. The van der Waals surface area contributed by atoms with Crippen molar-refractivity contribution < 1.29 is 32.2 Å². The SMILES string of the molecule is COC(=O)Cc1c(F)cc(-c2cccc3c2OC(C)(c2ccc(Cl)cc2F)O3)cc1F. The van der Waals surface area contributed by atoms with Crippen LogP contribution in [0.2, 0.25) is 5.02 Å². The molecule has 4 nitrogen and oxygen atoms in total. The third-order valence-electron chi connectivity index (χ3n) is 5.00. The summed E-state index contributed by atoms with van der Waals surface area (Å²) >= 11 is 5.82. The van der Waals surface area contributed by atoms with Gasteiger partial charge in [0, 0.05) is 23.1 Å². The van der Waals surface area contributed by atoms with Gasteiger partial charge in [-0.25, -0.2) is 13.2 Å². The quantitative estimate of drug-likeness (QED) is 0.474. The molecule has 0 fully saturated rings. The molecule has 1 heterocycles. The summed E-state index contributed by atoms with van der Waals surface area (Å²) in [6.45, 7) is 1.53. The first-order chi connectivity index (χ1) is 14.7. The molecule has 4 rings (SSSR count). The van der Waals surface area contributed by atoms with Gasteiger partial charge in [0.05, 0.1) is 19.1 Å². The maximum absolute atomic E-state index is 14.6. The maximum Gasteiger partial charge on any atom is 0.310 e. The fourth-order valence-corrected chi connectivity index (χ4v) is 3.62. The van der Waals surface area contributed by atoms with E-state index in [-0.39, 0.29) is 27.6 Å². The van der Waals surface area contributed by atoms with E-state index in [1.165, 1.54) is 19.1 Å². The number of esters is 1. The second-order valence-corrected chi connectivity index (χ2v) is 7.51. The number of fused-ring (bicyclic) bond motifs is 1. The highest BCUT2D eigenvalue weighted by Gasteiger charge is 2.42. The van der Waals surface area contributed by atoms with Gasteiger partial charge in [0.15, 0.2) is 11.5 Å². The fourth-order valence-electron chi connectivity index (χ4n) is 3.47. The summed E-state index contributed by atoms with van der Waals surface area (Å²) in [4.78, 5) is 11.4. The van der Waals surface area contributed by atoms with Crippen LogP contribution in [0.4, 0.5) is 13.2 Å². The smallest absolute Gasteiger partial charge is 0.310 e. The third kappa shape index (κ3) is 3.81. The molecule has 0 bridgehead atoms. The highest BCUT2D eigenvalue weighted by atomic mass is 35.5. The molecule has 8 heteroatoms. The van der Waals surface area contributed by atoms with E-state index in [0.717, 1.165) is 25.3 Å². The van der Waals surface area contributed by atoms with Crippen molar-refractivity contribution in [3.63, 3.8) is 0 Å². The van der Waals surface area contributed by atoms with Gasteiger partial charge in [-0.1, -0.05) is 23.7 Å². The largest absolute Gasteiger partial charge is 0.469 e. The number of rotatable bonds is 4. The molecular weight excluding hydrogens is 433 g/mol. The fraction of sp³-hybridized carbons (Fsp3) is 0.174. The molecule has 1 aliphatic heterocycles. The van der Waals surface area contributed by atoms with Gasteiger partial charge in [-0.05, 0) is 42.0 Å². The minimum absolute atomic E-state index is 0.116. The Morgan fingerprint density at radius 2 is 1.74 bits per heavy atom. The van der Waals surface area contributed by atoms with Crippen LogP contribution in [-0.4, -0.2) is 13.1 Å². The molecule has 1 unspecified atom stereocenters. The van der Waals surface area contributed by atoms with Crippen molar-refractivity contribution in [1.29, 1.82) is 0 Å². The van der Waals surface area contributed by atoms with Crippen molar-refractivity contribution in [2.24, 2.45) is 0 Å². The number of methoxy groups -OCH3 is 1. The number of carbonyl (C=O) groups excluding carboxylic acids is 1. The van der Waals surface area contributed by atoms with Crippen molar-refractivity contribution in [1.82, 2.24) is 0 Å². The van der Waals surface area contributed by atoms with Gasteiger partial charge in [0.25, 0.3) is 5.79 Å². The van der Waals surface area contributed by atoms with Gasteiger partial charge in [-0.3, -0.25) is 4.79 Å². The first-order valence-corrected chi connectivity index (χ1v) is 9.61. The van der Waals surface area contributed by atoms with Crippen LogP contribution in [-0.2, 0) is 21.7 Å². The van der Waals surface area contributed by atoms with Crippen LogP contribution >= 0.6 is 11.6 Å². The van der Waals surface area contributed by atoms with Gasteiger partial charge in [-0.15, -0.1) is 0 Å². The average Bonchev–Trinajstić information content (AvgIpc) is 3.07. The Labute approximate surface area is 181 Å². The summed E-state index contributed by atoms with van der Waals surface area (Å²) in [6, 6.07) is 11.1. The van der Waals surface area contributed by atoms with Crippen LogP contribution in [0.5, 0.6) is 11.5 Å². The first kappa shape index (κ1) is 21.1. The van der Waals surface area contributed by atoms with E-state index in [1.54, 1.807) is 18.2 Å². The van der Waals surface area contributed by atoms with E-state index in [1.807, 2.05) is 0 Å². The molecule has 0 spiro atoms. The molecule has 1 aliphatic rings. The normalized spacial score (nSPS) is 17.0. The zero-order valence-corrected chi connectivity index (χ0v) is 17.2. The van der Waals surface area contributed by atoms with Gasteiger partial charge < -0.3 is 14.2 Å². The summed E-state index contributed by atoms with van der Waals surface area (Å²) < 4.78 is 59.9. The van der Waals surface area contributed by atoms with Crippen LogP contribution in [0.15, 0.2) is 48.5 Å². The third-order valence-corrected chi connectivity index (χ3v) is 5.24. The minimum Gasteiger partial charge on any atom is -0.469 e. The van der Waals surface area contributed by atoms with E-state index in [4.69, 9.17) is 21.1 Å². The summed E-state index contributed by atoms with van der Waals surface area (Å²) in [7, 11) is 1.14. The summed E-state index contributed by atoms with van der Waals surface area (Å²) in [6.07, 6.45) is -0.533. The first-order valence-electron chi connectivity index (χ1n) is 9.23. The Bertz CT molecular complexity index is 1170. The molecule has 0 saturated heterocycles. The lowest BCUT2D eigenvalue weighted by atomic mass is 10.0. The van der Waals surface area contributed by atoms with Crippen LogP contribution in [0, 0.1) is 17.5 Å². The van der Waals surface area contributed by atoms with Crippen LogP contribution < -0.4 is 9.47 Å². The van der Waals surface area contributed by atoms with E-state index in [9.17, 15) is 18.0 Å². The standard InChI is InChI=1S/C23H16ClF3O4/c1-23(16-7-6-13(24)10-19(16)27)30-20-5-3-4-14(22(20)31-23)12-8-17(25)15(18(26)9-12)11-21(28)29-2/h3-10H,11H2,1-2H3. The molecule has 31 heavy (non-hydrogen) atoms. The van der Waals surface area contributed by atoms with Crippen molar-refractivity contribution in [2.75, 3.05) is 7.11 Å². The molecule has 160 valence electrons. The molecule has 0 saturated carbocycles. The number of halogens is 4. The highest BCUT2D eigenvalue weighted by Crippen LogP contribution is 2.49. The second kappa shape index (κ2) is 7.81. The van der Waals surface area contributed by atoms with Gasteiger partial charge >= 0.3 is 5.97 Å². The lowest BCUT2D eigenvalue weighted by Crippen LogP contribution is -2.32. The molecule has 0 aromatic heterocycles. The molecule has 3 aromatic rings. The predicted molar refractivity (Wildman–Crippen MR) is 108 cm³/mol.